The standard InChI is InChI=1S/C21H27N3O4/c1-5-6-9-24(2)21(26)17-11-16(13-22-14-17)20(25)23-12-15-7-8-18(27-3)19(10-15)28-4/h7-8,10-11,13-14H,5-6,9,12H2,1-4H3,(H,23,25). The maximum Gasteiger partial charge on any atom is 0.255 e. The number of unbranched alkanes of at least 4 members (excludes halogenated alkanes) is 1. The van der Waals surface area contributed by atoms with Gasteiger partial charge in [-0.05, 0) is 30.2 Å². The average Bonchev–Trinajstić information content (AvgIpc) is 2.74. The molecule has 28 heavy (non-hydrogen) atoms. The number of benzene rings is 1. The fraction of sp³-hybridized carbons (Fsp3) is 0.381. The van der Waals surface area contributed by atoms with E-state index in [0.717, 1.165) is 18.4 Å². The maximum absolute atomic E-state index is 12.5. The van der Waals surface area contributed by atoms with Crippen LogP contribution in [0, 0.1) is 0 Å². The summed E-state index contributed by atoms with van der Waals surface area (Å²) >= 11 is 0. The van der Waals surface area contributed by atoms with Crippen molar-refractivity contribution >= 4 is 11.8 Å². The minimum absolute atomic E-state index is 0.143. The van der Waals surface area contributed by atoms with Gasteiger partial charge in [0, 0.05) is 32.5 Å². The Morgan fingerprint density at radius 3 is 2.46 bits per heavy atom. The molecule has 0 aliphatic rings. The van der Waals surface area contributed by atoms with Gasteiger partial charge in [0.1, 0.15) is 0 Å². The van der Waals surface area contributed by atoms with Crippen LogP contribution in [-0.2, 0) is 6.54 Å². The molecule has 0 spiro atoms. The van der Waals surface area contributed by atoms with E-state index in [1.165, 1.54) is 12.4 Å². The van der Waals surface area contributed by atoms with Crippen LogP contribution in [0.2, 0.25) is 0 Å². The summed E-state index contributed by atoms with van der Waals surface area (Å²) < 4.78 is 10.5. The van der Waals surface area contributed by atoms with Crippen molar-refractivity contribution in [3.8, 4) is 11.5 Å². The van der Waals surface area contributed by atoms with E-state index in [4.69, 9.17) is 9.47 Å². The van der Waals surface area contributed by atoms with E-state index in [0.29, 0.717) is 35.7 Å². The third-order valence-electron chi connectivity index (χ3n) is 4.34. The van der Waals surface area contributed by atoms with Gasteiger partial charge in [-0.15, -0.1) is 0 Å². The Hall–Kier alpha value is -3.09. The first-order valence-electron chi connectivity index (χ1n) is 9.19. The summed E-state index contributed by atoms with van der Waals surface area (Å²) in [6.07, 6.45) is 4.87. The molecule has 0 aliphatic heterocycles. The van der Waals surface area contributed by atoms with Crippen LogP contribution in [0.1, 0.15) is 46.0 Å². The van der Waals surface area contributed by atoms with Crippen LogP contribution in [0.5, 0.6) is 11.5 Å². The summed E-state index contributed by atoms with van der Waals surface area (Å²) in [4.78, 5) is 30.6. The first-order chi connectivity index (χ1) is 13.5. The molecule has 0 unspecified atom stereocenters. The second-order valence-electron chi connectivity index (χ2n) is 6.41. The molecule has 0 atom stereocenters. The number of nitrogens with one attached hydrogen (secondary N) is 1. The molecular weight excluding hydrogens is 358 g/mol. The largest absolute Gasteiger partial charge is 0.493 e. The Kier molecular flexibility index (Phi) is 7.80. The van der Waals surface area contributed by atoms with Crippen LogP contribution in [0.4, 0.5) is 0 Å². The molecule has 0 bridgehead atoms. The van der Waals surface area contributed by atoms with Gasteiger partial charge in [-0.3, -0.25) is 14.6 Å². The number of carbonyl (C=O) groups excluding carboxylic acids is 2. The quantitative estimate of drug-likeness (QED) is 0.718. The van der Waals surface area contributed by atoms with Gasteiger partial charge in [-0.1, -0.05) is 19.4 Å². The summed E-state index contributed by atoms with van der Waals surface area (Å²) in [6, 6.07) is 7.01. The lowest BCUT2D eigenvalue weighted by Crippen LogP contribution is -2.28. The zero-order valence-corrected chi connectivity index (χ0v) is 16.8. The fourth-order valence-corrected chi connectivity index (χ4v) is 2.67. The van der Waals surface area contributed by atoms with Gasteiger partial charge in [-0.2, -0.15) is 0 Å². The number of nitrogens with zero attached hydrogens (tertiary/aromatic N) is 2. The van der Waals surface area contributed by atoms with Crippen LogP contribution in [0.3, 0.4) is 0 Å². The van der Waals surface area contributed by atoms with Gasteiger partial charge in [-0.25, -0.2) is 0 Å². The number of rotatable bonds is 9. The molecule has 0 saturated carbocycles. The van der Waals surface area contributed by atoms with Gasteiger partial charge in [0.2, 0.25) is 0 Å². The van der Waals surface area contributed by atoms with Crippen LogP contribution >= 0.6 is 0 Å². The van der Waals surface area contributed by atoms with Crippen LogP contribution in [0.15, 0.2) is 36.7 Å². The number of amides is 2. The molecule has 0 aliphatic carbocycles. The second kappa shape index (κ2) is 10.3. The number of carbonyl (C=O) groups is 2. The van der Waals surface area contributed by atoms with Crippen LogP contribution < -0.4 is 14.8 Å². The fourth-order valence-electron chi connectivity index (χ4n) is 2.67. The maximum atomic E-state index is 12.5. The first kappa shape index (κ1) is 21.2. The van der Waals surface area contributed by atoms with Gasteiger partial charge >= 0.3 is 0 Å². The SMILES string of the molecule is CCCCN(C)C(=O)c1cncc(C(=O)NCc2ccc(OC)c(OC)c2)c1. The van der Waals surface area contributed by atoms with Crippen molar-refractivity contribution in [2.45, 2.75) is 26.3 Å². The Labute approximate surface area is 165 Å². The van der Waals surface area contributed by atoms with E-state index in [-0.39, 0.29) is 11.8 Å². The molecule has 0 radical (unpaired) electrons. The molecule has 7 nitrogen and oxygen atoms in total. The highest BCUT2D eigenvalue weighted by Crippen LogP contribution is 2.27. The van der Waals surface area contributed by atoms with E-state index in [2.05, 4.69) is 17.2 Å². The number of pyridine rings is 1. The van der Waals surface area contributed by atoms with Crippen molar-refractivity contribution in [3.05, 3.63) is 53.3 Å². The Balaban J connectivity index is 2.04. The van der Waals surface area contributed by atoms with Gasteiger partial charge in [0.05, 0.1) is 25.3 Å². The highest BCUT2D eigenvalue weighted by atomic mass is 16.5. The van der Waals surface area contributed by atoms with Crippen molar-refractivity contribution in [1.29, 1.82) is 0 Å². The van der Waals surface area contributed by atoms with Crippen LogP contribution in [-0.4, -0.2) is 49.5 Å². The molecule has 1 N–H and O–H groups in total. The zero-order valence-electron chi connectivity index (χ0n) is 16.8. The minimum Gasteiger partial charge on any atom is -0.493 e. The lowest BCUT2D eigenvalue weighted by Gasteiger charge is -2.16. The van der Waals surface area contributed by atoms with Crippen molar-refractivity contribution in [3.63, 3.8) is 0 Å². The Morgan fingerprint density at radius 1 is 1.07 bits per heavy atom. The molecule has 1 aromatic heterocycles. The van der Waals surface area contributed by atoms with Crippen molar-refractivity contribution in [1.82, 2.24) is 15.2 Å². The lowest BCUT2D eigenvalue weighted by molar-refractivity contribution is 0.0793. The summed E-state index contributed by atoms with van der Waals surface area (Å²) in [5, 5.41) is 2.83. The minimum atomic E-state index is -0.298. The monoisotopic (exact) mass is 385 g/mol. The van der Waals surface area contributed by atoms with Gasteiger partial charge in [0.25, 0.3) is 11.8 Å². The summed E-state index contributed by atoms with van der Waals surface area (Å²) in [6.45, 7) is 3.06. The molecular formula is C21H27N3O4. The smallest absolute Gasteiger partial charge is 0.255 e. The highest BCUT2D eigenvalue weighted by molar-refractivity contribution is 5.99. The summed E-state index contributed by atoms with van der Waals surface area (Å²) in [5.74, 6) is 0.780. The number of aromatic nitrogens is 1. The van der Waals surface area contributed by atoms with E-state index in [1.807, 2.05) is 6.07 Å². The number of hydrogen-bond acceptors (Lipinski definition) is 5. The van der Waals surface area contributed by atoms with Crippen molar-refractivity contribution < 1.29 is 19.1 Å². The number of ether oxygens (including phenoxy) is 2. The third-order valence-corrected chi connectivity index (χ3v) is 4.34. The molecule has 2 amide bonds. The van der Waals surface area contributed by atoms with Crippen molar-refractivity contribution in [2.24, 2.45) is 0 Å². The number of methoxy groups -OCH3 is 2. The van der Waals surface area contributed by atoms with E-state index in [9.17, 15) is 9.59 Å². The molecule has 1 aromatic carbocycles. The zero-order chi connectivity index (χ0) is 20.5. The molecule has 0 fully saturated rings. The lowest BCUT2D eigenvalue weighted by atomic mass is 10.1. The topological polar surface area (TPSA) is 80.8 Å². The Bertz CT molecular complexity index is 823. The predicted molar refractivity (Wildman–Crippen MR) is 107 cm³/mol. The molecule has 0 saturated heterocycles. The molecule has 7 heteroatoms. The number of hydrogen-bond donors (Lipinski definition) is 1. The van der Waals surface area contributed by atoms with Gasteiger partial charge < -0.3 is 19.7 Å². The average molecular weight is 385 g/mol. The Morgan fingerprint density at radius 2 is 1.79 bits per heavy atom. The normalized spacial score (nSPS) is 10.3. The van der Waals surface area contributed by atoms with E-state index in [1.54, 1.807) is 44.4 Å². The molecule has 150 valence electrons. The predicted octanol–water partition coefficient (Wildman–Crippen LogP) is 2.90. The second-order valence-corrected chi connectivity index (χ2v) is 6.41. The first-order valence-corrected chi connectivity index (χ1v) is 9.19. The van der Waals surface area contributed by atoms with Crippen LogP contribution in [0.25, 0.3) is 0 Å². The van der Waals surface area contributed by atoms with Gasteiger partial charge in [0.15, 0.2) is 11.5 Å². The van der Waals surface area contributed by atoms with E-state index < -0.39 is 0 Å². The summed E-state index contributed by atoms with van der Waals surface area (Å²) in [7, 11) is 4.88. The molecule has 2 rings (SSSR count). The summed E-state index contributed by atoms with van der Waals surface area (Å²) in [5.41, 5.74) is 1.61. The van der Waals surface area contributed by atoms with E-state index >= 15 is 0 Å². The highest BCUT2D eigenvalue weighted by Gasteiger charge is 2.15. The molecule has 1 heterocycles. The van der Waals surface area contributed by atoms with Crippen molar-refractivity contribution in [2.75, 3.05) is 27.8 Å². The third kappa shape index (κ3) is 5.45. The molecule has 2 aromatic rings.